The van der Waals surface area contributed by atoms with Gasteiger partial charge in [-0.15, -0.1) is 0 Å². The molecular weight excluding hydrogens is 460 g/mol. The van der Waals surface area contributed by atoms with Crippen molar-refractivity contribution in [1.29, 1.82) is 0 Å². The van der Waals surface area contributed by atoms with Crippen LogP contribution >= 0.6 is 15.9 Å². The number of esters is 1. The molecule has 0 spiro atoms. The lowest BCUT2D eigenvalue weighted by atomic mass is 10.1. The largest absolute Gasteiger partial charge is 0.481 e. The van der Waals surface area contributed by atoms with Gasteiger partial charge in [-0.1, -0.05) is 64.5 Å². The highest BCUT2D eigenvalue weighted by atomic mass is 79.9. The third kappa shape index (κ3) is 4.70. The Morgan fingerprint density at radius 3 is 2.55 bits per heavy atom. The van der Waals surface area contributed by atoms with E-state index >= 15 is 0 Å². The van der Waals surface area contributed by atoms with Crippen LogP contribution in [0.2, 0.25) is 0 Å². The second-order valence-electron chi connectivity index (χ2n) is 6.96. The van der Waals surface area contributed by atoms with Crippen molar-refractivity contribution < 1.29 is 23.8 Å². The van der Waals surface area contributed by atoms with Gasteiger partial charge in [0.15, 0.2) is 12.4 Å². The standard InChI is InChI=1S/C25H19BrO5/c1-16-21(29-15-23(27)30-14-17-7-3-2-4-8-17)12-11-19-24(28)22(31-25(16)19)13-18-9-5-6-10-20(18)26/h2-13H,14-15H2,1H3/b22-13-. The third-order valence-corrected chi connectivity index (χ3v) is 5.54. The van der Waals surface area contributed by atoms with Crippen LogP contribution in [-0.4, -0.2) is 18.4 Å². The van der Waals surface area contributed by atoms with E-state index in [9.17, 15) is 9.59 Å². The molecule has 3 aromatic rings. The maximum atomic E-state index is 12.7. The summed E-state index contributed by atoms with van der Waals surface area (Å²) in [6.45, 7) is 1.74. The number of carbonyl (C=O) groups excluding carboxylic acids is 2. The molecule has 0 radical (unpaired) electrons. The zero-order chi connectivity index (χ0) is 21.8. The van der Waals surface area contributed by atoms with Crippen molar-refractivity contribution in [3.63, 3.8) is 0 Å². The summed E-state index contributed by atoms with van der Waals surface area (Å²) in [4.78, 5) is 24.8. The van der Waals surface area contributed by atoms with Gasteiger partial charge in [0.05, 0.1) is 5.56 Å². The number of ketones is 1. The Bertz CT molecular complexity index is 1170. The highest BCUT2D eigenvalue weighted by Crippen LogP contribution is 2.39. The van der Waals surface area contributed by atoms with E-state index in [1.54, 1.807) is 25.1 Å². The average molecular weight is 479 g/mol. The van der Waals surface area contributed by atoms with Crippen LogP contribution < -0.4 is 9.47 Å². The first-order valence-electron chi connectivity index (χ1n) is 9.67. The number of allylic oxidation sites excluding steroid dienone is 1. The molecular formula is C25H19BrO5. The molecule has 3 aromatic carbocycles. The van der Waals surface area contributed by atoms with E-state index in [0.717, 1.165) is 15.6 Å². The summed E-state index contributed by atoms with van der Waals surface area (Å²) in [5.41, 5.74) is 2.86. The van der Waals surface area contributed by atoms with E-state index in [4.69, 9.17) is 14.2 Å². The second-order valence-corrected chi connectivity index (χ2v) is 7.82. The van der Waals surface area contributed by atoms with E-state index in [-0.39, 0.29) is 24.8 Å². The van der Waals surface area contributed by atoms with Crippen molar-refractivity contribution >= 4 is 33.8 Å². The lowest BCUT2D eigenvalue weighted by Crippen LogP contribution is -2.15. The first-order valence-corrected chi connectivity index (χ1v) is 10.5. The smallest absolute Gasteiger partial charge is 0.344 e. The molecule has 0 saturated heterocycles. The Kier molecular flexibility index (Phi) is 6.18. The van der Waals surface area contributed by atoms with Gasteiger partial charge in [0.1, 0.15) is 18.1 Å². The monoisotopic (exact) mass is 478 g/mol. The van der Waals surface area contributed by atoms with Gasteiger partial charge in [0.2, 0.25) is 5.78 Å². The summed E-state index contributed by atoms with van der Waals surface area (Å²) in [6.07, 6.45) is 1.70. The van der Waals surface area contributed by atoms with Crippen LogP contribution in [0.4, 0.5) is 0 Å². The first-order chi connectivity index (χ1) is 15.0. The van der Waals surface area contributed by atoms with Crippen LogP contribution in [0.15, 0.2) is 77.0 Å². The van der Waals surface area contributed by atoms with E-state index in [0.29, 0.717) is 22.6 Å². The topological polar surface area (TPSA) is 61.8 Å². The first kappa shape index (κ1) is 20.9. The molecule has 0 fully saturated rings. The fourth-order valence-corrected chi connectivity index (χ4v) is 3.57. The Hall–Kier alpha value is -3.38. The number of halogens is 1. The van der Waals surface area contributed by atoms with E-state index < -0.39 is 5.97 Å². The number of hydrogen-bond donors (Lipinski definition) is 0. The number of carbonyl (C=O) groups is 2. The second kappa shape index (κ2) is 9.18. The summed E-state index contributed by atoms with van der Waals surface area (Å²) in [5.74, 6) is 0.478. The summed E-state index contributed by atoms with van der Waals surface area (Å²) < 4.78 is 17.6. The van der Waals surface area contributed by atoms with E-state index in [2.05, 4.69) is 15.9 Å². The predicted molar refractivity (Wildman–Crippen MR) is 120 cm³/mol. The van der Waals surface area contributed by atoms with Crippen LogP contribution in [0.1, 0.15) is 27.0 Å². The zero-order valence-electron chi connectivity index (χ0n) is 16.8. The molecule has 0 atom stereocenters. The van der Waals surface area contributed by atoms with Gasteiger partial charge < -0.3 is 14.2 Å². The summed E-state index contributed by atoms with van der Waals surface area (Å²) in [6, 6.07) is 20.3. The zero-order valence-corrected chi connectivity index (χ0v) is 18.3. The molecule has 0 aromatic heterocycles. The molecule has 1 heterocycles. The summed E-state index contributed by atoms with van der Waals surface area (Å²) in [7, 11) is 0. The molecule has 0 saturated carbocycles. The van der Waals surface area contributed by atoms with Crippen LogP contribution in [-0.2, 0) is 16.1 Å². The molecule has 4 rings (SSSR count). The maximum absolute atomic E-state index is 12.7. The molecule has 0 bridgehead atoms. The SMILES string of the molecule is Cc1c(OCC(=O)OCc2ccccc2)ccc2c1O/C(=C\c1ccccc1Br)C2=O. The van der Waals surface area contributed by atoms with Crippen molar-refractivity contribution in [2.75, 3.05) is 6.61 Å². The van der Waals surface area contributed by atoms with Crippen molar-refractivity contribution in [3.8, 4) is 11.5 Å². The van der Waals surface area contributed by atoms with Gasteiger partial charge >= 0.3 is 5.97 Å². The lowest BCUT2D eigenvalue weighted by molar-refractivity contribution is -0.147. The number of benzene rings is 3. The van der Waals surface area contributed by atoms with Crippen LogP contribution in [0, 0.1) is 6.92 Å². The number of ether oxygens (including phenoxy) is 3. The Morgan fingerprint density at radius 2 is 1.77 bits per heavy atom. The van der Waals surface area contributed by atoms with Crippen LogP contribution in [0.3, 0.4) is 0 Å². The fraction of sp³-hybridized carbons (Fsp3) is 0.120. The number of hydrogen-bond acceptors (Lipinski definition) is 5. The molecule has 0 amide bonds. The molecule has 0 N–H and O–H groups in total. The predicted octanol–water partition coefficient (Wildman–Crippen LogP) is 5.50. The third-order valence-electron chi connectivity index (χ3n) is 4.82. The van der Waals surface area contributed by atoms with Gasteiger partial charge in [-0.05, 0) is 42.3 Å². The number of Topliss-reactive ketones (excluding diaryl/α,β-unsaturated/α-hetero) is 1. The van der Waals surface area contributed by atoms with Gasteiger partial charge in [-0.2, -0.15) is 0 Å². The molecule has 6 heteroatoms. The van der Waals surface area contributed by atoms with Crippen molar-refractivity contribution in [2.24, 2.45) is 0 Å². The highest BCUT2D eigenvalue weighted by molar-refractivity contribution is 9.10. The van der Waals surface area contributed by atoms with E-state index in [1.165, 1.54) is 0 Å². The minimum absolute atomic E-state index is 0.188. The molecule has 5 nitrogen and oxygen atoms in total. The Morgan fingerprint density at radius 1 is 1.03 bits per heavy atom. The molecule has 1 aliphatic heterocycles. The van der Waals surface area contributed by atoms with Gasteiger partial charge in [-0.25, -0.2) is 4.79 Å². The quantitative estimate of drug-likeness (QED) is 0.346. The lowest BCUT2D eigenvalue weighted by Gasteiger charge is -2.11. The molecule has 156 valence electrons. The van der Waals surface area contributed by atoms with Gasteiger partial charge in [-0.3, -0.25) is 4.79 Å². The number of rotatable bonds is 6. The molecule has 31 heavy (non-hydrogen) atoms. The van der Waals surface area contributed by atoms with Gasteiger partial charge in [0, 0.05) is 10.0 Å². The van der Waals surface area contributed by atoms with Crippen LogP contribution in [0.5, 0.6) is 11.5 Å². The van der Waals surface area contributed by atoms with E-state index in [1.807, 2.05) is 54.6 Å². The Labute approximate surface area is 188 Å². The fourth-order valence-electron chi connectivity index (χ4n) is 3.17. The minimum atomic E-state index is -0.477. The van der Waals surface area contributed by atoms with Crippen molar-refractivity contribution in [2.45, 2.75) is 13.5 Å². The molecule has 0 aliphatic carbocycles. The molecule has 0 unspecified atom stereocenters. The number of fused-ring (bicyclic) bond motifs is 1. The average Bonchev–Trinajstić information content (AvgIpc) is 3.10. The summed E-state index contributed by atoms with van der Waals surface area (Å²) in [5, 5.41) is 0. The summed E-state index contributed by atoms with van der Waals surface area (Å²) >= 11 is 3.47. The van der Waals surface area contributed by atoms with Gasteiger partial charge in [0.25, 0.3) is 0 Å². The minimum Gasteiger partial charge on any atom is -0.481 e. The highest BCUT2D eigenvalue weighted by Gasteiger charge is 2.30. The van der Waals surface area contributed by atoms with Crippen molar-refractivity contribution in [1.82, 2.24) is 0 Å². The normalized spacial score (nSPS) is 13.6. The van der Waals surface area contributed by atoms with Crippen molar-refractivity contribution in [3.05, 3.63) is 99.2 Å². The van der Waals surface area contributed by atoms with Crippen LogP contribution in [0.25, 0.3) is 6.08 Å². The molecule has 1 aliphatic rings. The maximum Gasteiger partial charge on any atom is 0.344 e. The Balaban J connectivity index is 1.43.